The second kappa shape index (κ2) is 19.2. The molecule has 2 aliphatic rings. The van der Waals surface area contributed by atoms with Crippen molar-refractivity contribution < 1.29 is 50.7 Å². The number of halogens is 2. The van der Waals surface area contributed by atoms with Crippen LogP contribution in [0.5, 0.6) is 0 Å². The van der Waals surface area contributed by atoms with E-state index in [1.165, 1.54) is 0 Å². The van der Waals surface area contributed by atoms with Crippen LogP contribution in [0, 0.1) is 12.2 Å². The second-order valence-corrected chi connectivity index (χ2v) is 2.01. The first kappa shape index (κ1) is 24.1. The molecule has 0 N–H and O–H groups in total. The summed E-state index contributed by atoms with van der Waals surface area (Å²) in [6.07, 6.45) is 20.0. The first-order valence-corrected chi connectivity index (χ1v) is 3.43. The number of rotatable bonds is 0. The van der Waals surface area contributed by atoms with Gasteiger partial charge in [-0.25, -0.2) is 24.3 Å². The standard InChI is InChI=1S/2C5H5.2ClH.Hf.H3Si/c2*1-2-4-5-3-1;;;;/h2*1-3H,4H2;2*1H;;1H3/q2*-1;;;+4;/p-2. The van der Waals surface area contributed by atoms with Gasteiger partial charge in [0.2, 0.25) is 0 Å². The van der Waals surface area contributed by atoms with E-state index < -0.39 is 0 Å². The molecule has 0 spiro atoms. The molecule has 0 atom stereocenters. The van der Waals surface area contributed by atoms with Gasteiger partial charge in [0.15, 0.2) is 0 Å². The van der Waals surface area contributed by atoms with Crippen LogP contribution in [-0.4, -0.2) is 11.0 Å². The van der Waals surface area contributed by atoms with Gasteiger partial charge in [0, 0.05) is 0 Å². The largest absolute Gasteiger partial charge is 4.00 e. The van der Waals surface area contributed by atoms with Crippen molar-refractivity contribution in [3.8, 4) is 0 Å². The molecule has 0 aromatic rings. The van der Waals surface area contributed by atoms with Gasteiger partial charge in [-0.1, -0.05) is 0 Å². The summed E-state index contributed by atoms with van der Waals surface area (Å²) in [6.45, 7) is 0. The van der Waals surface area contributed by atoms with Crippen LogP contribution in [0.3, 0.4) is 0 Å². The summed E-state index contributed by atoms with van der Waals surface area (Å²) in [5, 5.41) is 0. The minimum absolute atomic E-state index is 0. The van der Waals surface area contributed by atoms with Crippen molar-refractivity contribution in [1.29, 1.82) is 0 Å². The van der Waals surface area contributed by atoms with Crippen LogP contribution in [0.25, 0.3) is 0 Å². The average molecular weight is 411 g/mol. The monoisotopic (exact) mass is 411 g/mol. The molecular weight excluding hydrogens is 398 g/mol. The zero-order valence-electron chi connectivity index (χ0n) is 8.13. The van der Waals surface area contributed by atoms with E-state index in [2.05, 4.69) is 24.3 Å². The Kier molecular flexibility index (Phi) is 33.1. The first-order valence-electron chi connectivity index (χ1n) is 3.43. The number of allylic oxidation sites excluding steroid dienone is 8. The normalized spacial score (nSPS) is 12.6. The Morgan fingerprint density at radius 1 is 0.786 bits per heavy atom. The van der Waals surface area contributed by atoms with E-state index in [0.29, 0.717) is 0 Å². The molecule has 2 aliphatic carbocycles. The molecule has 0 fully saturated rings. The molecule has 0 saturated carbocycles. The van der Waals surface area contributed by atoms with Gasteiger partial charge in [-0.05, 0) is 11.0 Å². The van der Waals surface area contributed by atoms with E-state index in [9.17, 15) is 0 Å². The van der Waals surface area contributed by atoms with Crippen molar-refractivity contribution in [2.75, 3.05) is 0 Å². The molecule has 2 rings (SSSR count). The molecule has 75 valence electrons. The van der Waals surface area contributed by atoms with Crippen molar-refractivity contribution in [2.24, 2.45) is 0 Å². The Bertz CT molecular complexity index is 156. The van der Waals surface area contributed by atoms with Crippen molar-refractivity contribution in [2.45, 2.75) is 12.8 Å². The zero-order valence-corrected chi connectivity index (χ0v) is 15.2. The first-order chi connectivity index (χ1) is 5.00. The molecule has 0 unspecified atom stereocenters. The molecule has 0 aliphatic heterocycles. The molecule has 0 nitrogen and oxygen atoms in total. The van der Waals surface area contributed by atoms with Gasteiger partial charge < -0.3 is 24.8 Å². The summed E-state index contributed by atoms with van der Waals surface area (Å²) in [5.74, 6) is 0. The molecule has 0 aromatic heterocycles. The van der Waals surface area contributed by atoms with E-state index in [0.717, 1.165) is 12.8 Å². The van der Waals surface area contributed by atoms with Crippen LogP contribution >= 0.6 is 0 Å². The van der Waals surface area contributed by atoms with E-state index in [-0.39, 0.29) is 61.6 Å². The van der Waals surface area contributed by atoms with E-state index in [4.69, 9.17) is 0 Å². The zero-order chi connectivity index (χ0) is 7.07. The fraction of sp³-hybridized carbons (Fsp3) is 0.200. The van der Waals surface area contributed by atoms with Gasteiger partial charge in [-0.2, -0.15) is 12.2 Å². The maximum atomic E-state index is 2.99. The fourth-order valence-corrected chi connectivity index (χ4v) is 0.680. The van der Waals surface area contributed by atoms with Crippen molar-refractivity contribution in [3.63, 3.8) is 0 Å². The van der Waals surface area contributed by atoms with Gasteiger partial charge in [0.1, 0.15) is 0 Å². The van der Waals surface area contributed by atoms with Crippen molar-refractivity contribution >= 4 is 11.0 Å². The van der Waals surface area contributed by atoms with E-state index in [1.54, 1.807) is 0 Å². The topological polar surface area (TPSA) is 0 Å². The van der Waals surface area contributed by atoms with Crippen LogP contribution in [-0.2, 0) is 25.8 Å². The molecule has 0 bridgehead atoms. The molecule has 14 heavy (non-hydrogen) atoms. The minimum Gasteiger partial charge on any atom is -1.00 e. The minimum atomic E-state index is 0. The average Bonchev–Trinajstić information content (AvgIpc) is 2.67. The molecule has 0 saturated heterocycles. The van der Waals surface area contributed by atoms with Gasteiger partial charge in [0.25, 0.3) is 0 Å². The predicted octanol–water partition coefficient (Wildman–Crippen LogP) is -4.57. The second-order valence-electron chi connectivity index (χ2n) is 2.01. The quantitative estimate of drug-likeness (QED) is 0.279. The Morgan fingerprint density at radius 3 is 1.21 bits per heavy atom. The SMILES string of the molecule is [C-]1=CC=CC1.[C-]1=CC=CC1.[Cl-].[Cl-].[Hf+4].[SiH3]. The predicted molar refractivity (Wildman–Crippen MR) is 53.1 cm³/mol. The Morgan fingerprint density at radius 2 is 1.14 bits per heavy atom. The molecule has 0 heterocycles. The van der Waals surface area contributed by atoms with Gasteiger partial charge in [0.05, 0.1) is 0 Å². The third kappa shape index (κ3) is 15.1. The maximum absolute atomic E-state index is 2.99. The number of hydrogen-bond donors (Lipinski definition) is 0. The number of hydrogen-bond acceptors (Lipinski definition) is 0. The summed E-state index contributed by atoms with van der Waals surface area (Å²) in [7, 11) is 0. The maximum Gasteiger partial charge on any atom is 4.00 e. The van der Waals surface area contributed by atoms with Gasteiger partial charge in [-0.15, -0.1) is 12.8 Å². The van der Waals surface area contributed by atoms with Gasteiger partial charge in [-0.3, -0.25) is 12.2 Å². The van der Waals surface area contributed by atoms with Crippen LogP contribution in [0.2, 0.25) is 0 Å². The Labute approximate surface area is 122 Å². The third-order valence-corrected chi connectivity index (χ3v) is 1.17. The van der Waals surface area contributed by atoms with Crippen LogP contribution < -0.4 is 24.8 Å². The summed E-state index contributed by atoms with van der Waals surface area (Å²) >= 11 is 0. The molecule has 0 amide bonds. The molecule has 4 heteroatoms. The third-order valence-electron chi connectivity index (χ3n) is 1.17. The van der Waals surface area contributed by atoms with Gasteiger partial charge >= 0.3 is 25.8 Å². The molecular formula is C10H13Cl2HfSi. The van der Waals surface area contributed by atoms with Crippen molar-refractivity contribution in [1.82, 2.24) is 0 Å². The summed E-state index contributed by atoms with van der Waals surface area (Å²) < 4.78 is 0. The summed E-state index contributed by atoms with van der Waals surface area (Å²) in [5.41, 5.74) is 0. The van der Waals surface area contributed by atoms with E-state index in [1.807, 2.05) is 24.3 Å². The molecule has 0 aromatic carbocycles. The smallest absolute Gasteiger partial charge is 1.00 e. The molecule has 1 radical (unpaired) electrons. The van der Waals surface area contributed by atoms with Crippen LogP contribution in [0.15, 0.2) is 36.5 Å². The Balaban J connectivity index is -0.0000000556. The van der Waals surface area contributed by atoms with Crippen molar-refractivity contribution in [3.05, 3.63) is 48.6 Å². The summed E-state index contributed by atoms with van der Waals surface area (Å²) in [6, 6.07) is 0. The Hall–Kier alpha value is 0.627. The fourth-order valence-electron chi connectivity index (χ4n) is 0.680. The van der Waals surface area contributed by atoms with E-state index >= 15 is 0 Å². The summed E-state index contributed by atoms with van der Waals surface area (Å²) in [4.78, 5) is 0. The van der Waals surface area contributed by atoms with Crippen LogP contribution in [0.4, 0.5) is 0 Å². The van der Waals surface area contributed by atoms with Crippen LogP contribution in [0.1, 0.15) is 12.8 Å².